The predicted molar refractivity (Wildman–Crippen MR) is 79.0 cm³/mol. The van der Waals surface area contributed by atoms with Crippen LogP contribution in [0.1, 0.15) is 18.4 Å². The first-order valence-electron chi connectivity index (χ1n) is 6.41. The van der Waals surface area contributed by atoms with Gasteiger partial charge >= 0.3 is 0 Å². The van der Waals surface area contributed by atoms with Crippen molar-refractivity contribution in [1.29, 1.82) is 0 Å². The molecule has 0 spiro atoms. The van der Waals surface area contributed by atoms with Gasteiger partial charge in [-0.2, -0.15) is 0 Å². The zero-order valence-corrected chi connectivity index (χ0v) is 12.1. The second kappa shape index (κ2) is 5.85. The Kier molecular flexibility index (Phi) is 4.35. The van der Waals surface area contributed by atoms with Crippen molar-refractivity contribution in [2.75, 3.05) is 18.5 Å². The third kappa shape index (κ3) is 2.81. The van der Waals surface area contributed by atoms with Crippen LogP contribution in [-0.4, -0.2) is 24.1 Å². The Labute approximate surface area is 122 Å². The number of benzene rings is 1. The van der Waals surface area contributed by atoms with Gasteiger partial charge in [-0.3, -0.25) is 4.79 Å². The first kappa shape index (κ1) is 14.9. The van der Waals surface area contributed by atoms with Crippen molar-refractivity contribution >= 4 is 28.8 Å². The second-order valence-corrected chi connectivity index (χ2v) is 5.42. The number of hydrogen-bond acceptors (Lipinski definition) is 3. The van der Waals surface area contributed by atoms with Crippen LogP contribution in [0.2, 0.25) is 0 Å². The van der Waals surface area contributed by atoms with Crippen LogP contribution in [-0.2, 0) is 9.53 Å². The monoisotopic (exact) mass is 296 g/mol. The van der Waals surface area contributed by atoms with E-state index in [0.29, 0.717) is 37.3 Å². The van der Waals surface area contributed by atoms with Crippen molar-refractivity contribution in [3.8, 4) is 0 Å². The number of amides is 1. The molecule has 6 heteroatoms. The number of nitrogens with one attached hydrogen (secondary N) is 1. The number of carbonyl (C=O) groups is 1. The van der Waals surface area contributed by atoms with Crippen LogP contribution < -0.4 is 11.1 Å². The van der Waals surface area contributed by atoms with Gasteiger partial charge < -0.3 is 15.8 Å². The van der Waals surface area contributed by atoms with Gasteiger partial charge in [0, 0.05) is 18.9 Å². The topological polar surface area (TPSA) is 64.4 Å². The van der Waals surface area contributed by atoms with Crippen LogP contribution >= 0.6 is 12.2 Å². The molecule has 0 unspecified atom stereocenters. The summed E-state index contributed by atoms with van der Waals surface area (Å²) in [4.78, 5) is 12.6. The van der Waals surface area contributed by atoms with Crippen LogP contribution in [0.3, 0.4) is 0 Å². The zero-order valence-electron chi connectivity index (χ0n) is 11.2. The Balaban J connectivity index is 2.20. The number of carbonyl (C=O) groups excluding carboxylic acids is 1. The van der Waals surface area contributed by atoms with Gasteiger partial charge in [0.2, 0.25) is 5.91 Å². The lowest BCUT2D eigenvalue weighted by atomic mass is 9.79. The van der Waals surface area contributed by atoms with E-state index in [1.807, 2.05) is 0 Å². The number of ether oxygens (including phenoxy) is 1. The van der Waals surface area contributed by atoms with E-state index in [9.17, 15) is 9.18 Å². The number of thiocarbonyl (C=S) groups is 1. The molecule has 1 aliphatic rings. The summed E-state index contributed by atoms with van der Waals surface area (Å²) in [5, 5.41) is 2.70. The highest BCUT2D eigenvalue weighted by molar-refractivity contribution is 7.80. The third-order valence-corrected chi connectivity index (χ3v) is 4.07. The molecule has 0 atom stereocenters. The molecule has 1 fully saturated rings. The van der Waals surface area contributed by atoms with E-state index in [0.717, 1.165) is 0 Å². The molecule has 1 amide bonds. The smallest absolute Gasteiger partial charge is 0.237 e. The second-order valence-electron chi connectivity index (χ2n) is 4.98. The molecular weight excluding hydrogens is 279 g/mol. The van der Waals surface area contributed by atoms with E-state index < -0.39 is 5.41 Å². The first-order valence-corrected chi connectivity index (χ1v) is 6.82. The molecule has 1 aliphatic heterocycles. The lowest BCUT2D eigenvalue weighted by molar-refractivity contribution is -0.126. The fourth-order valence-corrected chi connectivity index (χ4v) is 2.52. The summed E-state index contributed by atoms with van der Waals surface area (Å²) in [6, 6.07) is 4.56. The minimum absolute atomic E-state index is 0.158. The van der Waals surface area contributed by atoms with Crippen molar-refractivity contribution in [2.45, 2.75) is 19.8 Å². The first-order chi connectivity index (χ1) is 9.45. The van der Waals surface area contributed by atoms with Crippen molar-refractivity contribution < 1.29 is 13.9 Å². The molecule has 1 aromatic carbocycles. The summed E-state index contributed by atoms with van der Waals surface area (Å²) < 4.78 is 18.8. The van der Waals surface area contributed by atoms with Gasteiger partial charge in [-0.05, 0) is 37.5 Å². The van der Waals surface area contributed by atoms with Gasteiger partial charge in [0.25, 0.3) is 0 Å². The van der Waals surface area contributed by atoms with Crippen molar-refractivity contribution in [2.24, 2.45) is 11.1 Å². The molecule has 1 aromatic rings. The van der Waals surface area contributed by atoms with Crippen molar-refractivity contribution in [3.05, 3.63) is 29.6 Å². The van der Waals surface area contributed by atoms with Gasteiger partial charge in [0.05, 0.1) is 4.99 Å². The molecule has 0 bridgehead atoms. The highest BCUT2D eigenvalue weighted by Gasteiger charge is 2.43. The summed E-state index contributed by atoms with van der Waals surface area (Å²) in [6.07, 6.45) is 0.894. The maximum absolute atomic E-state index is 13.5. The fraction of sp³-hybridized carbons (Fsp3) is 0.429. The zero-order chi connectivity index (χ0) is 14.8. The quantitative estimate of drug-likeness (QED) is 0.839. The third-order valence-electron chi connectivity index (χ3n) is 3.68. The van der Waals surface area contributed by atoms with E-state index in [1.165, 1.54) is 6.07 Å². The Morgan fingerprint density at radius 1 is 1.45 bits per heavy atom. The van der Waals surface area contributed by atoms with E-state index in [-0.39, 0.29) is 16.7 Å². The standard InChI is InChI=1S/C14H17FN2O2S/c1-9-2-3-10(8-11(9)15)17-13(18)14(12(16)20)4-6-19-7-5-14/h2-3,8H,4-7H2,1H3,(H2,16,20)(H,17,18). The molecule has 1 saturated heterocycles. The van der Waals surface area contributed by atoms with Crippen LogP contribution in [0.15, 0.2) is 18.2 Å². The maximum atomic E-state index is 13.5. The number of nitrogens with two attached hydrogens (primary N) is 1. The maximum Gasteiger partial charge on any atom is 0.237 e. The molecule has 0 aromatic heterocycles. The number of anilines is 1. The van der Waals surface area contributed by atoms with Crippen LogP contribution in [0, 0.1) is 18.2 Å². The molecule has 0 saturated carbocycles. The molecule has 1 heterocycles. The Bertz CT molecular complexity index is 542. The molecular formula is C14H17FN2O2S. The molecule has 3 N–H and O–H groups in total. The Morgan fingerprint density at radius 2 is 2.10 bits per heavy atom. The molecule has 108 valence electrons. The minimum atomic E-state index is -0.908. The molecule has 2 rings (SSSR count). The largest absolute Gasteiger partial charge is 0.392 e. The average molecular weight is 296 g/mol. The summed E-state index contributed by atoms with van der Waals surface area (Å²) in [5.74, 6) is -0.657. The normalized spacial score (nSPS) is 17.5. The van der Waals surface area contributed by atoms with Gasteiger partial charge in [-0.1, -0.05) is 18.3 Å². The van der Waals surface area contributed by atoms with Crippen LogP contribution in [0.4, 0.5) is 10.1 Å². The summed E-state index contributed by atoms with van der Waals surface area (Å²) in [6.45, 7) is 2.54. The number of rotatable bonds is 3. The van der Waals surface area contributed by atoms with Crippen molar-refractivity contribution in [1.82, 2.24) is 0 Å². The summed E-state index contributed by atoms with van der Waals surface area (Å²) >= 11 is 5.05. The molecule has 4 nitrogen and oxygen atoms in total. The van der Waals surface area contributed by atoms with E-state index in [4.69, 9.17) is 22.7 Å². The van der Waals surface area contributed by atoms with Crippen LogP contribution in [0.25, 0.3) is 0 Å². The number of aryl methyl sites for hydroxylation is 1. The van der Waals surface area contributed by atoms with Crippen molar-refractivity contribution in [3.63, 3.8) is 0 Å². The van der Waals surface area contributed by atoms with E-state index in [1.54, 1.807) is 19.1 Å². The Hall–Kier alpha value is -1.53. The molecule has 0 aliphatic carbocycles. The molecule has 20 heavy (non-hydrogen) atoms. The van der Waals surface area contributed by atoms with Gasteiger partial charge in [-0.15, -0.1) is 0 Å². The van der Waals surface area contributed by atoms with Gasteiger partial charge in [0.1, 0.15) is 11.2 Å². The Morgan fingerprint density at radius 3 is 2.65 bits per heavy atom. The number of halogens is 1. The highest BCUT2D eigenvalue weighted by Crippen LogP contribution is 2.32. The van der Waals surface area contributed by atoms with E-state index in [2.05, 4.69) is 5.32 Å². The van der Waals surface area contributed by atoms with Gasteiger partial charge in [-0.25, -0.2) is 4.39 Å². The SMILES string of the molecule is Cc1ccc(NC(=O)C2(C(N)=S)CCOCC2)cc1F. The summed E-state index contributed by atoms with van der Waals surface area (Å²) in [5.41, 5.74) is 5.77. The minimum Gasteiger partial charge on any atom is -0.392 e. The lowest BCUT2D eigenvalue weighted by Gasteiger charge is -2.34. The highest BCUT2D eigenvalue weighted by atomic mass is 32.1. The summed E-state index contributed by atoms with van der Waals surface area (Å²) in [7, 11) is 0. The average Bonchev–Trinajstić information content (AvgIpc) is 2.43. The van der Waals surface area contributed by atoms with Gasteiger partial charge in [0.15, 0.2) is 0 Å². The number of hydrogen-bond donors (Lipinski definition) is 2. The molecule has 0 radical (unpaired) electrons. The van der Waals surface area contributed by atoms with E-state index >= 15 is 0 Å². The predicted octanol–water partition coefficient (Wildman–Crippen LogP) is 2.16. The lowest BCUT2D eigenvalue weighted by Crippen LogP contribution is -2.49. The van der Waals surface area contributed by atoms with Crippen LogP contribution in [0.5, 0.6) is 0 Å². The fourth-order valence-electron chi connectivity index (χ4n) is 2.23.